The number of halogens is 2. The number of para-hydroxylation sites is 2. The number of benzene rings is 2. The summed E-state index contributed by atoms with van der Waals surface area (Å²) in [7, 11) is 0. The topological polar surface area (TPSA) is 21.3 Å². The molecule has 0 amide bonds. The Hall–Kier alpha value is -2.10. The van der Waals surface area contributed by atoms with E-state index < -0.39 is 6.61 Å². The number of anilines is 1. The van der Waals surface area contributed by atoms with E-state index in [1.165, 1.54) is 6.07 Å². The predicted octanol–water partition coefficient (Wildman–Crippen LogP) is 5.10. The number of hydrogen-bond donors (Lipinski definition) is 1. The standard InChI is InChI=1S/C17H19F2NO/c1-12(2)16(13-8-4-3-5-9-13)20-14-10-6-7-11-15(14)21-17(18)19/h3-12,16-17,20H,1-2H3. The van der Waals surface area contributed by atoms with E-state index >= 15 is 0 Å². The summed E-state index contributed by atoms with van der Waals surface area (Å²) in [4.78, 5) is 0. The second-order valence-corrected chi connectivity index (χ2v) is 5.15. The first-order valence-corrected chi connectivity index (χ1v) is 6.93. The lowest BCUT2D eigenvalue weighted by molar-refractivity contribution is -0.0493. The summed E-state index contributed by atoms with van der Waals surface area (Å²) in [6, 6.07) is 16.7. The number of hydrogen-bond acceptors (Lipinski definition) is 2. The second-order valence-electron chi connectivity index (χ2n) is 5.15. The van der Waals surface area contributed by atoms with Crippen molar-refractivity contribution in [2.24, 2.45) is 5.92 Å². The molecular weight excluding hydrogens is 272 g/mol. The Morgan fingerprint density at radius 2 is 1.52 bits per heavy atom. The van der Waals surface area contributed by atoms with Gasteiger partial charge in [0, 0.05) is 0 Å². The molecule has 0 aromatic heterocycles. The number of rotatable bonds is 6. The molecule has 21 heavy (non-hydrogen) atoms. The van der Waals surface area contributed by atoms with Gasteiger partial charge in [-0.2, -0.15) is 8.78 Å². The summed E-state index contributed by atoms with van der Waals surface area (Å²) < 4.78 is 29.5. The van der Waals surface area contributed by atoms with Gasteiger partial charge in [0.05, 0.1) is 11.7 Å². The van der Waals surface area contributed by atoms with Crippen molar-refractivity contribution in [1.29, 1.82) is 0 Å². The maximum Gasteiger partial charge on any atom is 0.387 e. The van der Waals surface area contributed by atoms with E-state index in [-0.39, 0.29) is 11.8 Å². The van der Waals surface area contributed by atoms with Crippen LogP contribution in [0.4, 0.5) is 14.5 Å². The SMILES string of the molecule is CC(C)C(Nc1ccccc1OC(F)F)c1ccccc1. The monoisotopic (exact) mass is 291 g/mol. The molecule has 0 spiro atoms. The zero-order valence-electron chi connectivity index (χ0n) is 12.1. The van der Waals surface area contributed by atoms with Gasteiger partial charge in [-0.05, 0) is 23.6 Å². The highest BCUT2D eigenvalue weighted by molar-refractivity contribution is 5.57. The van der Waals surface area contributed by atoms with Gasteiger partial charge in [-0.15, -0.1) is 0 Å². The molecule has 1 unspecified atom stereocenters. The minimum atomic E-state index is -2.83. The van der Waals surface area contributed by atoms with Crippen molar-refractivity contribution in [3.8, 4) is 5.75 Å². The summed E-state index contributed by atoms with van der Waals surface area (Å²) in [6.45, 7) is 1.34. The van der Waals surface area contributed by atoms with E-state index in [2.05, 4.69) is 23.9 Å². The van der Waals surface area contributed by atoms with Crippen LogP contribution >= 0.6 is 0 Å². The fourth-order valence-electron chi connectivity index (χ4n) is 2.25. The second kappa shape index (κ2) is 7.07. The van der Waals surface area contributed by atoms with E-state index in [1.807, 2.05) is 30.3 Å². The molecule has 2 nitrogen and oxygen atoms in total. The van der Waals surface area contributed by atoms with Crippen molar-refractivity contribution in [2.75, 3.05) is 5.32 Å². The summed E-state index contributed by atoms with van der Waals surface area (Å²) in [6.07, 6.45) is 0. The molecule has 2 rings (SSSR count). The third-order valence-electron chi connectivity index (χ3n) is 3.24. The summed E-state index contributed by atoms with van der Waals surface area (Å²) in [5.41, 5.74) is 1.68. The molecule has 0 aliphatic carbocycles. The van der Waals surface area contributed by atoms with Crippen LogP contribution in [-0.4, -0.2) is 6.61 Å². The molecule has 0 aliphatic rings. The molecule has 112 valence electrons. The van der Waals surface area contributed by atoms with Gasteiger partial charge in [0.25, 0.3) is 0 Å². The van der Waals surface area contributed by atoms with Crippen molar-refractivity contribution < 1.29 is 13.5 Å². The molecular formula is C17H19F2NO. The molecule has 2 aromatic carbocycles. The van der Waals surface area contributed by atoms with Gasteiger partial charge in [0.15, 0.2) is 0 Å². The molecule has 1 N–H and O–H groups in total. The molecule has 0 radical (unpaired) electrons. The third kappa shape index (κ3) is 4.18. The third-order valence-corrected chi connectivity index (χ3v) is 3.24. The van der Waals surface area contributed by atoms with Crippen LogP contribution in [-0.2, 0) is 0 Å². The molecule has 1 atom stereocenters. The van der Waals surface area contributed by atoms with Crippen molar-refractivity contribution in [3.05, 3.63) is 60.2 Å². The van der Waals surface area contributed by atoms with Gasteiger partial charge in [-0.25, -0.2) is 0 Å². The fourth-order valence-corrected chi connectivity index (χ4v) is 2.25. The molecule has 0 heterocycles. The van der Waals surface area contributed by atoms with Crippen LogP contribution in [0.15, 0.2) is 54.6 Å². The Bertz CT molecular complexity index is 558. The Morgan fingerprint density at radius 1 is 0.905 bits per heavy atom. The number of ether oxygens (including phenoxy) is 1. The minimum absolute atomic E-state index is 0.0219. The normalized spacial score (nSPS) is 12.5. The quantitative estimate of drug-likeness (QED) is 0.799. The highest BCUT2D eigenvalue weighted by Crippen LogP contribution is 2.32. The summed E-state index contributed by atoms with van der Waals surface area (Å²) >= 11 is 0. The maximum absolute atomic E-state index is 12.5. The zero-order valence-corrected chi connectivity index (χ0v) is 12.1. The largest absolute Gasteiger partial charge is 0.433 e. The van der Waals surface area contributed by atoms with Crippen molar-refractivity contribution >= 4 is 5.69 Å². The van der Waals surface area contributed by atoms with Crippen LogP contribution in [0.25, 0.3) is 0 Å². The van der Waals surface area contributed by atoms with E-state index in [0.29, 0.717) is 11.6 Å². The molecule has 2 aromatic rings. The van der Waals surface area contributed by atoms with Crippen molar-refractivity contribution in [1.82, 2.24) is 0 Å². The van der Waals surface area contributed by atoms with Crippen LogP contribution in [0.5, 0.6) is 5.75 Å². The predicted molar refractivity (Wildman–Crippen MR) is 80.7 cm³/mol. The first kappa shape index (κ1) is 15.3. The Labute approximate surface area is 123 Å². The van der Waals surface area contributed by atoms with Crippen molar-refractivity contribution in [2.45, 2.75) is 26.5 Å². The van der Waals surface area contributed by atoms with Gasteiger partial charge < -0.3 is 10.1 Å². The van der Waals surface area contributed by atoms with E-state index in [9.17, 15) is 8.78 Å². The van der Waals surface area contributed by atoms with Gasteiger partial charge in [-0.3, -0.25) is 0 Å². The molecule has 0 fully saturated rings. The van der Waals surface area contributed by atoms with Gasteiger partial charge in [0.2, 0.25) is 0 Å². The number of alkyl halides is 2. The maximum atomic E-state index is 12.5. The Balaban J connectivity index is 2.26. The van der Waals surface area contributed by atoms with E-state index in [4.69, 9.17) is 0 Å². The van der Waals surface area contributed by atoms with Gasteiger partial charge >= 0.3 is 6.61 Å². The lowest BCUT2D eigenvalue weighted by atomic mass is 9.95. The first-order chi connectivity index (χ1) is 10.1. The van der Waals surface area contributed by atoms with Gasteiger partial charge in [0.1, 0.15) is 5.75 Å². The molecule has 0 bridgehead atoms. The Morgan fingerprint density at radius 3 is 2.14 bits per heavy atom. The molecule has 0 aliphatic heterocycles. The number of nitrogens with one attached hydrogen (secondary N) is 1. The first-order valence-electron chi connectivity index (χ1n) is 6.93. The smallest absolute Gasteiger partial charge is 0.387 e. The highest BCUT2D eigenvalue weighted by atomic mass is 19.3. The Kier molecular flexibility index (Phi) is 5.14. The average Bonchev–Trinajstić information content (AvgIpc) is 2.46. The van der Waals surface area contributed by atoms with Crippen LogP contribution in [0.3, 0.4) is 0 Å². The van der Waals surface area contributed by atoms with Crippen LogP contribution in [0, 0.1) is 5.92 Å². The van der Waals surface area contributed by atoms with E-state index in [0.717, 1.165) is 5.56 Å². The molecule has 0 saturated heterocycles. The zero-order chi connectivity index (χ0) is 15.2. The van der Waals surface area contributed by atoms with Gasteiger partial charge in [-0.1, -0.05) is 56.3 Å². The molecule has 4 heteroatoms. The van der Waals surface area contributed by atoms with Crippen LogP contribution in [0.2, 0.25) is 0 Å². The lowest BCUT2D eigenvalue weighted by Gasteiger charge is -2.25. The average molecular weight is 291 g/mol. The van der Waals surface area contributed by atoms with Crippen molar-refractivity contribution in [3.63, 3.8) is 0 Å². The van der Waals surface area contributed by atoms with Crippen LogP contribution in [0.1, 0.15) is 25.5 Å². The van der Waals surface area contributed by atoms with E-state index in [1.54, 1.807) is 18.2 Å². The minimum Gasteiger partial charge on any atom is -0.433 e. The fraction of sp³-hybridized carbons (Fsp3) is 0.294. The lowest BCUT2D eigenvalue weighted by Crippen LogP contribution is -2.17. The van der Waals surface area contributed by atoms with Crippen LogP contribution < -0.4 is 10.1 Å². The summed E-state index contributed by atoms with van der Waals surface area (Å²) in [5, 5.41) is 3.31. The summed E-state index contributed by atoms with van der Waals surface area (Å²) in [5.74, 6) is 0.459. The molecule has 0 saturated carbocycles. The highest BCUT2D eigenvalue weighted by Gasteiger charge is 2.18.